The first-order chi connectivity index (χ1) is 7.51. The van der Waals surface area contributed by atoms with Crippen molar-refractivity contribution in [2.75, 3.05) is 0 Å². The van der Waals surface area contributed by atoms with E-state index in [1.54, 1.807) is 0 Å². The molecule has 0 amide bonds. The number of rotatable bonds is 5. The molecule has 0 bridgehead atoms. The summed E-state index contributed by atoms with van der Waals surface area (Å²) < 4.78 is 2.02. The van der Waals surface area contributed by atoms with Crippen LogP contribution < -0.4 is 0 Å². The molecule has 0 unspecified atom stereocenters. The van der Waals surface area contributed by atoms with Gasteiger partial charge in [-0.3, -0.25) is 4.79 Å². The molecule has 4 nitrogen and oxygen atoms in total. The van der Waals surface area contributed by atoms with E-state index in [1.807, 2.05) is 18.5 Å². The van der Waals surface area contributed by atoms with E-state index in [2.05, 4.69) is 18.8 Å². The van der Waals surface area contributed by atoms with Crippen molar-refractivity contribution in [1.29, 1.82) is 0 Å². The van der Waals surface area contributed by atoms with Gasteiger partial charge in [0.2, 0.25) is 0 Å². The van der Waals surface area contributed by atoms with Gasteiger partial charge in [-0.2, -0.15) is 0 Å². The van der Waals surface area contributed by atoms with E-state index in [0.717, 1.165) is 24.4 Å². The molecule has 0 atom stereocenters. The lowest BCUT2D eigenvalue weighted by Crippen LogP contribution is -2.05. The highest BCUT2D eigenvalue weighted by Crippen LogP contribution is 2.24. The summed E-state index contributed by atoms with van der Waals surface area (Å²) in [6.45, 7) is 6.20. The first kappa shape index (κ1) is 12.7. The van der Waals surface area contributed by atoms with Crippen molar-refractivity contribution in [3.8, 4) is 0 Å². The molecular formula is C12H20N2O2. The predicted octanol–water partition coefficient (Wildman–Crippen LogP) is 2.26. The Balaban J connectivity index is 3.08. The van der Waals surface area contributed by atoms with Crippen LogP contribution in [-0.4, -0.2) is 20.6 Å². The van der Waals surface area contributed by atoms with Gasteiger partial charge in [0.05, 0.1) is 12.1 Å². The summed E-state index contributed by atoms with van der Waals surface area (Å²) in [5.74, 6) is 0.613. The molecule has 0 spiro atoms. The predicted molar refractivity (Wildman–Crippen MR) is 62.6 cm³/mol. The van der Waals surface area contributed by atoms with Gasteiger partial charge in [0.15, 0.2) is 0 Å². The van der Waals surface area contributed by atoms with Gasteiger partial charge in [-0.25, -0.2) is 4.98 Å². The Labute approximate surface area is 96.3 Å². The Kier molecular flexibility index (Phi) is 4.10. The molecule has 0 fully saturated rings. The standard InChI is InChI=1S/C12H20N2O2/c1-5-9(6-2)12-13-10(7-11(15)16)8(3)14(12)4/h9H,5-7H2,1-4H3,(H,15,16). The van der Waals surface area contributed by atoms with E-state index in [0.29, 0.717) is 11.6 Å². The SMILES string of the molecule is CCC(CC)c1nc(CC(=O)O)c(C)n1C. The van der Waals surface area contributed by atoms with Gasteiger partial charge in [-0.1, -0.05) is 13.8 Å². The number of aliphatic carboxylic acids is 1. The Hall–Kier alpha value is -1.32. The number of hydrogen-bond donors (Lipinski definition) is 1. The normalized spacial score (nSPS) is 11.1. The Morgan fingerprint density at radius 1 is 1.44 bits per heavy atom. The average molecular weight is 224 g/mol. The van der Waals surface area contributed by atoms with Crippen LogP contribution in [0.5, 0.6) is 0 Å². The molecular weight excluding hydrogens is 204 g/mol. The van der Waals surface area contributed by atoms with Crippen molar-refractivity contribution >= 4 is 5.97 Å². The quantitative estimate of drug-likeness (QED) is 0.834. The smallest absolute Gasteiger partial charge is 0.309 e. The maximum atomic E-state index is 10.7. The minimum atomic E-state index is -0.822. The number of carbonyl (C=O) groups is 1. The van der Waals surface area contributed by atoms with Gasteiger partial charge in [0.1, 0.15) is 5.82 Å². The number of hydrogen-bond acceptors (Lipinski definition) is 2. The van der Waals surface area contributed by atoms with Crippen molar-refractivity contribution in [2.24, 2.45) is 7.05 Å². The van der Waals surface area contributed by atoms with Crippen molar-refractivity contribution in [3.05, 3.63) is 17.2 Å². The Bertz CT molecular complexity index is 379. The second-order valence-electron chi connectivity index (χ2n) is 4.15. The van der Waals surface area contributed by atoms with Gasteiger partial charge in [-0.15, -0.1) is 0 Å². The molecule has 1 N–H and O–H groups in total. The molecule has 1 heterocycles. The average Bonchev–Trinajstić information content (AvgIpc) is 2.48. The van der Waals surface area contributed by atoms with E-state index in [1.165, 1.54) is 0 Å². The summed E-state index contributed by atoms with van der Waals surface area (Å²) in [6, 6.07) is 0. The lowest BCUT2D eigenvalue weighted by molar-refractivity contribution is -0.136. The molecule has 16 heavy (non-hydrogen) atoms. The van der Waals surface area contributed by atoms with Crippen LogP contribution in [-0.2, 0) is 18.3 Å². The van der Waals surface area contributed by atoms with Gasteiger partial charge >= 0.3 is 5.97 Å². The van der Waals surface area contributed by atoms with E-state index in [4.69, 9.17) is 5.11 Å². The first-order valence-electron chi connectivity index (χ1n) is 5.75. The van der Waals surface area contributed by atoms with Crippen molar-refractivity contribution < 1.29 is 9.90 Å². The molecule has 90 valence electrons. The highest BCUT2D eigenvalue weighted by Gasteiger charge is 2.18. The van der Waals surface area contributed by atoms with Crippen molar-refractivity contribution in [2.45, 2.75) is 46.0 Å². The third kappa shape index (κ3) is 2.43. The van der Waals surface area contributed by atoms with Gasteiger partial charge in [0.25, 0.3) is 0 Å². The van der Waals surface area contributed by atoms with E-state index >= 15 is 0 Å². The first-order valence-corrected chi connectivity index (χ1v) is 5.75. The molecule has 1 aromatic heterocycles. The van der Waals surface area contributed by atoms with Crippen LogP contribution in [0, 0.1) is 6.92 Å². The molecule has 0 radical (unpaired) electrons. The van der Waals surface area contributed by atoms with Gasteiger partial charge in [0, 0.05) is 18.7 Å². The minimum Gasteiger partial charge on any atom is -0.481 e. The Morgan fingerprint density at radius 2 is 2.00 bits per heavy atom. The minimum absolute atomic E-state index is 0.0137. The molecule has 0 saturated heterocycles. The number of imidazole rings is 1. The van der Waals surface area contributed by atoms with Gasteiger partial charge < -0.3 is 9.67 Å². The molecule has 0 aliphatic rings. The third-order valence-electron chi connectivity index (χ3n) is 3.18. The molecule has 1 rings (SSSR count). The zero-order chi connectivity index (χ0) is 12.3. The van der Waals surface area contributed by atoms with Crippen LogP contribution in [0.25, 0.3) is 0 Å². The third-order valence-corrected chi connectivity index (χ3v) is 3.18. The fourth-order valence-corrected chi connectivity index (χ4v) is 1.99. The lowest BCUT2D eigenvalue weighted by Gasteiger charge is -2.12. The molecule has 0 aromatic carbocycles. The monoisotopic (exact) mass is 224 g/mol. The second-order valence-corrected chi connectivity index (χ2v) is 4.15. The van der Waals surface area contributed by atoms with Crippen molar-refractivity contribution in [1.82, 2.24) is 9.55 Å². The number of carboxylic acids is 1. The maximum Gasteiger partial charge on any atom is 0.309 e. The summed E-state index contributed by atoms with van der Waals surface area (Å²) in [5, 5.41) is 8.80. The topological polar surface area (TPSA) is 55.1 Å². The van der Waals surface area contributed by atoms with E-state index < -0.39 is 5.97 Å². The molecule has 4 heteroatoms. The van der Waals surface area contributed by atoms with Crippen molar-refractivity contribution in [3.63, 3.8) is 0 Å². The fourth-order valence-electron chi connectivity index (χ4n) is 1.99. The summed E-state index contributed by atoms with van der Waals surface area (Å²) in [6.07, 6.45) is 2.08. The number of aromatic nitrogens is 2. The zero-order valence-electron chi connectivity index (χ0n) is 10.4. The summed E-state index contributed by atoms with van der Waals surface area (Å²) in [5.41, 5.74) is 1.65. The van der Waals surface area contributed by atoms with E-state index in [9.17, 15) is 4.79 Å². The number of carboxylic acid groups (broad SMARTS) is 1. The number of nitrogens with zero attached hydrogens (tertiary/aromatic N) is 2. The molecule has 0 aliphatic heterocycles. The van der Waals surface area contributed by atoms with Crippen LogP contribution >= 0.6 is 0 Å². The van der Waals surface area contributed by atoms with Crippen LogP contribution in [0.4, 0.5) is 0 Å². The maximum absolute atomic E-state index is 10.7. The highest BCUT2D eigenvalue weighted by molar-refractivity contribution is 5.69. The summed E-state index contributed by atoms with van der Waals surface area (Å²) >= 11 is 0. The molecule has 0 aliphatic carbocycles. The Morgan fingerprint density at radius 3 is 2.44 bits per heavy atom. The van der Waals surface area contributed by atoms with Crippen LogP contribution in [0.1, 0.15) is 49.8 Å². The largest absolute Gasteiger partial charge is 0.481 e. The highest BCUT2D eigenvalue weighted by atomic mass is 16.4. The lowest BCUT2D eigenvalue weighted by atomic mass is 10.0. The zero-order valence-corrected chi connectivity index (χ0v) is 10.4. The van der Waals surface area contributed by atoms with Crippen LogP contribution in [0.2, 0.25) is 0 Å². The molecule has 1 aromatic rings. The summed E-state index contributed by atoms with van der Waals surface area (Å²) in [4.78, 5) is 15.2. The second kappa shape index (κ2) is 5.14. The van der Waals surface area contributed by atoms with Crippen LogP contribution in [0.3, 0.4) is 0 Å². The van der Waals surface area contributed by atoms with E-state index in [-0.39, 0.29) is 6.42 Å². The molecule has 0 saturated carbocycles. The van der Waals surface area contributed by atoms with Crippen LogP contribution in [0.15, 0.2) is 0 Å². The fraction of sp³-hybridized carbons (Fsp3) is 0.667. The summed E-state index contributed by atoms with van der Waals surface area (Å²) in [7, 11) is 1.96. The van der Waals surface area contributed by atoms with Gasteiger partial charge in [-0.05, 0) is 19.8 Å².